The molecule has 0 aliphatic rings. The first-order valence-corrected chi connectivity index (χ1v) is 19.0. The maximum absolute atomic E-state index is 12.9. The lowest BCUT2D eigenvalue weighted by Crippen LogP contribution is -2.44. The number of nitrogens with one attached hydrogen (secondary N) is 2. The highest BCUT2D eigenvalue weighted by Gasteiger charge is 2.44. The van der Waals surface area contributed by atoms with Crippen LogP contribution < -0.4 is 10.6 Å². The van der Waals surface area contributed by atoms with E-state index < -0.39 is 41.0 Å². The number of halogens is 2. The molecule has 2 amide bonds. The number of carbonyl (C=O) groups excluding carboxylic acids is 2. The van der Waals surface area contributed by atoms with Gasteiger partial charge in [-0.15, -0.1) is 0 Å². The number of hydrogen-bond donors (Lipinski definition) is 2. The molecule has 6 rings (SSSR count). The number of benzene rings is 4. The highest BCUT2D eigenvalue weighted by molar-refractivity contribution is 7.94. The van der Waals surface area contributed by atoms with Crippen molar-refractivity contribution < 1.29 is 30.8 Å². The number of fused-ring (bicyclic) bond motifs is 2. The molecule has 0 bridgehead atoms. The molecule has 6 aromatic rings. The summed E-state index contributed by atoms with van der Waals surface area (Å²) in [6, 6.07) is 25.7. The molecule has 0 aliphatic heterocycles. The van der Waals surface area contributed by atoms with Crippen LogP contribution in [0.2, 0.25) is 10.0 Å². The normalized spacial score (nSPS) is 12.3. The van der Waals surface area contributed by atoms with Crippen LogP contribution in [0.5, 0.6) is 0 Å². The molecule has 0 saturated carbocycles. The van der Waals surface area contributed by atoms with E-state index in [9.17, 15) is 26.4 Å². The molecule has 0 spiro atoms. The summed E-state index contributed by atoms with van der Waals surface area (Å²) < 4.78 is 55.2. The average molecular weight is 771 g/mol. The van der Waals surface area contributed by atoms with Crippen molar-refractivity contribution >= 4 is 88.8 Å². The van der Waals surface area contributed by atoms with E-state index in [1.807, 2.05) is 24.3 Å². The molecule has 0 aliphatic carbocycles. The lowest BCUT2D eigenvalue weighted by molar-refractivity contribution is -0.118. The summed E-state index contributed by atoms with van der Waals surface area (Å²) in [6.07, 6.45) is 0. The largest absolute Gasteiger partial charge is 0.423 e. The number of aryl methyl sites for hydroxylation is 1. The van der Waals surface area contributed by atoms with Gasteiger partial charge in [0.15, 0.2) is 25.3 Å². The van der Waals surface area contributed by atoms with E-state index in [0.717, 1.165) is 5.52 Å². The second-order valence-corrected chi connectivity index (χ2v) is 18.2. The Balaban J connectivity index is 0.000000198. The summed E-state index contributed by atoms with van der Waals surface area (Å²) in [5, 5.41) is 5.90. The number of sulfone groups is 2. The van der Waals surface area contributed by atoms with Crippen LogP contribution in [0.1, 0.15) is 27.7 Å². The van der Waals surface area contributed by atoms with Crippen LogP contribution in [-0.4, -0.2) is 52.7 Å². The van der Waals surface area contributed by atoms with Gasteiger partial charge in [0.2, 0.25) is 17.8 Å². The number of aromatic nitrogens is 3. The van der Waals surface area contributed by atoms with Gasteiger partial charge in [-0.2, -0.15) is 4.98 Å². The summed E-state index contributed by atoms with van der Waals surface area (Å²) in [7, 11) is -6.11. The van der Waals surface area contributed by atoms with Gasteiger partial charge in [-0.25, -0.2) is 21.8 Å². The minimum absolute atomic E-state index is 0.00890. The Morgan fingerprint density at radius 3 is 1.59 bits per heavy atom. The van der Waals surface area contributed by atoms with E-state index in [0.29, 0.717) is 26.7 Å². The monoisotopic (exact) mass is 769 g/mol. The van der Waals surface area contributed by atoms with E-state index in [1.54, 1.807) is 35.9 Å². The second kappa shape index (κ2) is 14.1. The van der Waals surface area contributed by atoms with E-state index >= 15 is 0 Å². The van der Waals surface area contributed by atoms with Gasteiger partial charge >= 0.3 is 6.01 Å². The van der Waals surface area contributed by atoms with E-state index in [2.05, 4.69) is 20.6 Å². The first-order chi connectivity index (χ1) is 23.9. The fraction of sp³-hybridized carbons (Fsp3) is 0.200. The number of nitrogens with zero attached hydrogens (tertiary/aromatic N) is 3. The quantitative estimate of drug-likeness (QED) is 0.164. The molecule has 2 aromatic heterocycles. The number of carbonyl (C=O) groups is 2. The highest BCUT2D eigenvalue weighted by Crippen LogP contribution is 2.30. The molecule has 0 saturated heterocycles. The molecule has 12 nitrogen and oxygen atoms in total. The minimum Gasteiger partial charge on any atom is -0.423 e. The van der Waals surface area contributed by atoms with Crippen LogP contribution >= 0.6 is 23.2 Å². The van der Waals surface area contributed by atoms with Crippen molar-refractivity contribution in [2.75, 3.05) is 10.6 Å². The maximum Gasteiger partial charge on any atom is 0.302 e. The Morgan fingerprint density at radius 2 is 1.10 bits per heavy atom. The van der Waals surface area contributed by atoms with Crippen molar-refractivity contribution in [1.29, 1.82) is 0 Å². The summed E-state index contributed by atoms with van der Waals surface area (Å²) in [5.41, 5.74) is 2.61. The van der Waals surface area contributed by atoms with Crippen LogP contribution in [-0.2, 0) is 36.3 Å². The molecule has 266 valence electrons. The predicted molar refractivity (Wildman–Crippen MR) is 197 cm³/mol. The minimum atomic E-state index is -3.94. The molecule has 4 aromatic carbocycles. The Hall–Kier alpha value is -4.76. The number of para-hydroxylation sites is 4. The van der Waals surface area contributed by atoms with Crippen LogP contribution in [0.4, 0.5) is 12.0 Å². The average Bonchev–Trinajstić information content (AvgIpc) is 3.64. The van der Waals surface area contributed by atoms with Gasteiger partial charge in [0.1, 0.15) is 15.0 Å². The van der Waals surface area contributed by atoms with Gasteiger partial charge in [-0.3, -0.25) is 20.2 Å². The molecular formula is C35H33Cl2N5O7S2. The zero-order valence-electron chi connectivity index (χ0n) is 28.0. The Morgan fingerprint density at radius 1 is 0.647 bits per heavy atom. The number of rotatable bonds is 8. The van der Waals surface area contributed by atoms with Gasteiger partial charge in [0.25, 0.3) is 0 Å². The number of amides is 2. The van der Waals surface area contributed by atoms with Crippen molar-refractivity contribution in [1.82, 2.24) is 14.5 Å². The van der Waals surface area contributed by atoms with Crippen molar-refractivity contribution in [3.8, 4) is 0 Å². The van der Waals surface area contributed by atoms with Crippen LogP contribution in [0.25, 0.3) is 22.1 Å². The molecule has 2 N–H and O–H groups in total. The third-order valence-corrected chi connectivity index (χ3v) is 13.6. The van der Waals surface area contributed by atoms with Gasteiger partial charge < -0.3 is 8.98 Å². The van der Waals surface area contributed by atoms with E-state index in [-0.39, 0.29) is 21.8 Å². The second-order valence-electron chi connectivity index (χ2n) is 12.3. The Kier molecular flexibility index (Phi) is 10.4. The number of oxazole rings is 1. The number of hydrogen-bond acceptors (Lipinski definition) is 9. The summed E-state index contributed by atoms with van der Waals surface area (Å²) in [6.45, 7) is 5.40. The van der Waals surface area contributed by atoms with E-state index in [1.165, 1.54) is 76.2 Å². The van der Waals surface area contributed by atoms with Gasteiger partial charge in [-0.1, -0.05) is 47.5 Å². The molecule has 16 heteroatoms. The van der Waals surface area contributed by atoms with Gasteiger partial charge in [-0.05, 0) is 100 Å². The Bertz CT molecular complexity index is 2440. The summed E-state index contributed by atoms with van der Waals surface area (Å²) in [4.78, 5) is 33.9. The van der Waals surface area contributed by atoms with Crippen molar-refractivity contribution in [3.05, 3.63) is 107 Å². The van der Waals surface area contributed by atoms with Crippen molar-refractivity contribution in [2.24, 2.45) is 7.05 Å². The lowest BCUT2D eigenvalue weighted by atomic mass is 10.2. The van der Waals surface area contributed by atoms with Gasteiger partial charge in [0.05, 0.1) is 20.8 Å². The molecule has 51 heavy (non-hydrogen) atoms. The molecular weight excluding hydrogens is 737 g/mol. The highest BCUT2D eigenvalue weighted by atomic mass is 35.5. The number of anilines is 2. The molecule has 0 unspecified atom stereocenters. The predicted octanol–water partition coefficient (Wildman–Crippen LogP) is 7.09. The molecule has 0 fully saturated rings. The lowest BCUT2D eigenvalue weighted by Gasteiger charge is -2.23. The molecule has 0 atom stereocenters. The fourth-order valence-electron chi connectivity index (χ4n) is 4.74. The van der Waals surface area contributed by atoms with Crippen molar-refractivity contribution in [2.45, 2.75) is 47.0 Å². The first-order valence-electron chi connectivity index (χ1n) is 15.3. The topological polar surface area (TPSA) is 170 Å². The zero-order valence-corrected chi connectivity index (χ0v) is 31.2. The van der Waals surface area contributed by atoms with Crippen LogP contribution in [0, 0.1) is 0 Å². The maximum atomic E-state index is 12.9. The SMILES string of the molecule is CC(C)(C(=O)Nc1nc2ccccc2o1)S(=O)(=O)c1ccc(Cl)cc1.Cn1c(NC(=O)C(C)(C)S(=O)(=O)c2ccc(Cl)cc2)nc2ccccc21. The van der Waals surface area contributed by atoms with Gasteiger partial charge in [0, 0.05) is 17.1 Å². The van der Waals surface area contributed by atoms with Crippen LogP contribution in [0.3, 0.4) is 0 Å². The first kappa shape index (κ1) is 37.5. The zero-order chi connectivity index (χ0) is 37.4. The molecule has 0 radical (unpaired) electrons. The smallest absolute Gasteiger partial charge is 0.302 e. The third-order valence-electron chi connectivity index (χ3n) is 8.21. The van der Waals surface area contributed by atoms with Crippen molar-refractivity contribution in [3.63, 3.8) is 0 Å². The van der Waals surface area contributed by atoms with Crippen LogP contribution in [0.15, 0.2) is 111 Å². The Labute approximate surface area is 304 Å². The standard InChI is InChI=1S/C18H18ClN3O3S.C17H15ClN2O4S/c1-18(2,26(24,25)13-10-8-12(19)9-11-13)16(23)21-17-20-14-6-4-5-7-15(14)22(17)3;1-17(2,25(22,23)12-9-7-11(18)8-10-12)15(21)20-16-19-13-5-3-4-6-14(13)24-16/h4-11H,1-3H3,(H,20,21,23);3-10H,1-2H3,(H,19,20,21). The molecule has 2 heterocycles. The third kappa shape index (κ3) is 7.35. The van der Waals surface area contributed by atoms with E-state index in [4.69, 9.17) is 27.6 Å². The summed E-state index contributed by atoms with van der Waals surface area (Å²) in [5.74, 6) is -1.12. The summed E-state index contributed by atoms with van der Waals surface area (Å²) >= 11 is 11.6. The fourth-order valence-corrected chi connectivity index (χ4v) is 7.75. The number of imidazole rings is 1.